The second-order valence-corrected chi connectivity index (χ2v) is 4.44. The van der Waals surface area contributed by atoms with E-state index in [2.05, 4.69) is 5.32 Å². The van der Waals surface area contributed by atoms with E-state index in [1.165, 1.54) is 0 Å². The molecule has 0 saturated carbocycles. The minimum Gasteiger partial charge on any atom is -0.479 e. The van der Waals surface area contributed by atoms with E-state index in [9.17, 15) is 24.1 Å². The third kappa shape index (κ3) is 3.31. The highest BCUT2D eigenvalue weighted by atomic mass is 19.1. The summed E-state index contributed by atoms with van der Waals surface area (Å²) in [6.45, 7) is 0. The first kappa shape index (κ1) is 14.9. The molecule has 8 nitrogen and oxygen atoms in total. The lowest BCUT2D eigenvalue weighted by atomic mass is 10.2. The molecule has 1 aliphatic rings. The van der Waals surface area contributed by atoms with Crippen LogP contribution in [0.1, 0.15) is 12.8 Å². The van der Waals surface area contributed by atoms with Crippen molar-refractivity contribution in [2.24, 2.45) is 0 Å². The van der Waals surface area contributed by atoms with Crippen LogP contribution in [0.4, 0.5) is 15.8 Å². The number of hydrogen-bond donors (Lipinski definition) is 2. The number of carbonyl (C=O) groups is 2. The molecule has 21 heavy (non-hydrogen) atoms. The molecule has 1 heterocycles. The predicted molar refractivity (Wildman–Crippen MR) is 67.2 cm³/mol. The van der Waals surface area contributed by atoms with Crippen molar-refractivity contribution in [2.75, 3.05) is 5.32 Å². The molecule has 1 amide bonds. The van der Waals surface area contributed by atoms with Crippen LogP contribution >= 0.6 is 0 Å². The number of hydrogen-bond acceptors (Lipinski definition) is 5. The monoisotopic (exact) mass is 298 g/mol. The number of nitrogens with one attached hydrogen (secondary N) is 1. The number of nitrogens with zero attached hydrogens (tertiary/aromatic N) is 1. The summed E-state index contributed by atoms with van der Waals surface area (Å²) in [5.74, 6) is -2.80. The van der Waals surface area contributed by atoms with Crippen LogP contribution < -0.4 is 5.32 Å². The first-order valence-corrected chi connectivity index (χ1v) is 6.01. The minimum atomic E-state index is -1.16. The highest BCUT2D eigenvalue weighted by Gasteiger charge is 2.35. The fourth-order valence-corrected chi connectivity index (χ4v) is 1.94. The number of carboxylic acid groups (broad SMARTS) is 1. The number of non-ortho nitro benzene ring substituents is 1. The van der Waals surface area contributed by atoms with Crippen molar-refractivity contribution in [1.82, 2.24) is 0 Å². The van der Waals surface area contributed by atoms with Gasteiger partial charge in [0.1, 0.15) is 6.10 Å². The Morgan fingerprint density at radius 2 is 2.05 bits per heavy atom. The van der Waals surface area contributed by atoms with Crippen LogP contribution in [-0.2, 0) is 14.3 Å². The van der Waals surface area contributed by atoms with Gasteiger partial charge in [-0.1, -0.05) is 0 Å². The Morgan fingerprint density at radius 1 is 1.38 bits per heavy atom. The summed E-state index contributed by atoms with van der Waals surface area (Å²) in [4.78, 5) is 32.2. The van der Waals surface area contributed by atoms with Crippen LogP contribution in [-0.4, -0.2) is 34.1 Å². The maximum Gasteiger partial charge on any atom is 0.332 e. The van der Waals surface area contributed by atoms with Gasteiger partial charge in [-0.05, 0) is 18.9 Å². The van der Waals surface area contributed by atoms with E-state index in [4.69, 9.17) is 9.84 Å². The molecular formula is C12H11FN2O6. The van der Waals surface area contributed by atoms with Gasteiger partial charge in [0.05, 0.1) is 16.7 Å². The number of carbonyl (C=O) groups excluding carboxylic acids is 1. The number of benzene rings is 1. The van der Waals surface area contributed by atoms with Gasteiger partial charge in [0.2, 0.25) is 0 Å². The number of aliphatic carboxylic acids is 1. The smallest absolute Gasteiger partial charge is 0.332 e. The Kier molecular flexibility index (Phi) is 4.13. The zero-order valence-corrected chi connectivity index (χ0v) is 10.6. The van der Waals surface area contributed by atoms with E-state index in [0.717, 1.165) is 12.1 Å². The van der Waals surface area contributed by atoms with Gasteiger partial charge in [-0.25, -0.2) is 9.18 Å². The first-order valence-electron chi connectivity index (χ1n) is 6.01. The van der Waals surface area contributed by atoms with Crippen LogP contribution in [0.15, 0.2) is 18.2 Å². The molecule has 2 rings (SSSR count). The van der Waals surface area contributed by atoms with Gasteiger partial charge < -0.3 is 15.2 Å². The maximum atomic E-state index is 13.6. The van der Waals surface area contributed by atoms with E-state index in [1.54, 1.807) is 0 Å². The summed E-state index contributed by atoms with van der Waals surface area (Å²) < 4.78 is 18.6. The number of nitro benzene ring substituents is 1. The Labute approximate surface area is 117 Å². The molecule has 0 aromatic heterocycles. The molecule has 0 aliphatic carbocycles. The molecule has 112 valence electrons. The normalized spacial score (nSPS) is 21.0. The highest BCUT2D eigenvalue weighted by Crippen LogP contribution is 2.24. The van der Waals surface area contributed by atoms with Gasteiger partial charge in [0.25, 0.3) is 11.6 Å². The number of rotatable bonds is 4. The lowest BCUT2D eigenvalue weighted by Crippen LogP contribution is -2.30. The van der Waals surface area contributed by atoms with Crippen molar-refractivity contribution in [1.29, 1.82) is 0 Å². The molecule has 0 unspecified atom stereocenters. The molecule has 1 saturated heterocycles. The van der Waals surface area contributed by atoms with Gasteiger partial charge in [0, 0.05) is 6.07 Å². The van der Waals surface area contributed by atoms with Crippen LogP contribution in [0, 0.1) is 15.9 Å². The molecule has 2 atom stereocenters. The second kappa shape index (κ2) is 5.83. The molecule has 1 aromatic carbocycles. The van der Waals surface area contributed by atoms with Crippen LogP contribution in [0.3, 0.4) is 0 Å². The van der Waals surface area contributed by atoms with Gasteiger partial charge in [-0.3, -0.25) is 14.9 Å². The van der Waals surface area contributed by atoms with Crippen molar-refractivity contribution in [3.63, 3.8) is 0 Å². The molecule has 1 aliphatic heterocycles. The number of amides is 1. The van der Waals surface area contributed by atoms with E-state index in [0.29, 0.717) is 6.07 Å². The molecule has 0 spiro atoms. The lowest BCUT2D eigenvalue weighted by Gasteiger charge is -2.12. The fraction of sp³-hybridized carbons (Fsp3) is 0.333. The van der Waals surface area contributed by atoms with E-state index >= 15 is 0 Å². The summed E-state index contributed by atoms with van der Waals surface area (Å²) in [6.07, 6.45) is -1.64. The number of nitro groups is 1. The summed E-state index contributed by atoms with van der Waals surface area (Å²) >= 11 is 0. The minimum absolute atomic E-state index is 0.191. The van der Waals surface area contributed by atoms with Gasteiger partial charge in [0.15, 0.2) is 11.9 Å². The molecule has 0 bridgehead atoms. The molecular weight excluding hydrogens is 287 g/mol. The van der Waals surface area contributed by atoms with Crippen molar-refractivity contribution in [2.45, 2.75) is 25.0 Å². The van der Waals surface area contributed by atoms with Crippen LogP contribution in [0.2, 0.25) is 0 Å². The van der Waals surface area contributed by atoms with E-state index < -0.39 is 40.5 Å². The van der Waals surface area contributed by atoms with Crippen molar-refractivity contribution >= 4 is 23.3 Å². The number of anilines is 1. The highest BCUT2D eigenvalue weighted by molar-refractivity contribution is 5.95. The average Bonchev–Trinajstić information content (AvgIpc) is 2.90. The third-order valence-electron chi connectivity index (χ3n) is 3.01. The zero-order chi connectivity index (χ0) is 15.6. The summed E-state index contributed by atoms with van der Waals surface area (Å²) in [6, 6.07) is 2.80. The molecule has 1 fully saturated rings. The Hall–Kier alpha value is -2.55. The van der Waals surface area contributed by atoms with E-state index in [-0.39, 0.29) is 18.5 Å². The van der Waals surface area contributed by atoms with Crippen LogP contribution in [0.5, 0.6) is 0 Å². The number of carboxylic acids is 1. The third-order valence-corrected chi connectivity index (χ3v) is 3.01. The standard InChI is InChI=1S/C12H11FN2O6/c13-7-5-6(15(19)20)1-2-8(7)14-11(16)9-3-4-10(21-9)12(17)18/h1-2,5,9-10H,3-4H2,(H,14,16)(H,17,18)/t9-,10+/m0/s1. The Morgan fingerprint density at radius 3 is 2.57 bits per heavy atom. The SMILES string of the molecule is O=C(Nc1ccc([N+](=O)[O-])cc1F)[C@@H]1CC[C@H](C(=O)O)O1. The quantitative estimate of drug-likeness (QED) is 0.639. The molecule has 2 N–H and O–H groups in total. The first-order chi connectivity index (χ1) is 9.88. The fourth-order valence-electron chi connectivity index (χ4n) is 1.94. The van der Waals surface area contributed by atoms with E-state index in [1.807, 2.05) is 0 Å². The number of ether oxygens (including phenoxy) is 1. The molecule has 0 radical (unpaired) electrons. The summed E-state index contributed by atoms with van der Waals surface area (Å²) in [7, 11) is 0. The average molecular weight is 298 g/mol. The topological polar surface area (TPSA) is 119 Å². The maximum absolute atomic E-state index is 13.6. The van der Waals surface area contributed by atoms with Gasteiger partial charge in [-0.15, -0.1) is 0 Å². The largest absolute Gasteiger partial charge is 0.479 e. The van der Waals surface area contributed by atoms with Gasteiger partial charge in [-0.2, -0.15) is 0 Å². The predicted octanol–water partition coefficient (Wildman–Crippen LogP) is 1.30. The lowest BCUT2D eigenvalue weighted by molar-refractivity contribution is -0.385. The summed E-state index contributed by atoms with van der Waals surface area (Å²) in [5, 5.41) is 21.4. The Bertz CT molecular complexity index is 605. The van der Waals surface area contributed by atoms with Crippen molar-refractivity contribution in [3.8, 4) is 0 Å². The Balaban J connectivity index is 2.03. The van der Waals surface area contributed by atoms with Crippen LogP contribution in [0.25, 0.3) is 0 Å². The second-order valence-electron chi connectivity index (χ2n) is 4.44. The summed E-state index contributed by atoms with van der Waals surface area (Å²) in [5.41, 5.74) is -0.665. The van der Waals surface area contributed by atoms with Crippen molar-refractivity contribution in [3.05, 3.63) is 34.1 Å². The van der Waals surface area contributed by atoms with Crippen molar-refractivity contribution < 1.29 is 28.7 Å². The number of halogens is 1. The van der Waals surface area contributed by atoms with Gasteiger partial charge >= 0.3 is 5.97 Å². The molecule has 1 aromatic rings. The molecule has 9 heteroatoms. The zero-order valence-electron chi connectivity index (χ0n) is 10.6.